The molecule has 4 aliphatic carbocycles. The summed E-state index contributed by atoms with van der Waals surface area (Å²) in [6.07, 6.45) is 7.71. The molecule has 7 rings (SSSR count). The van der Waals surface area contributed by atoms with Gasteiger partial charge in [-0.1, -0.05) is 18.2 Å². The summed E-state index contributed by atoms with van der Waals surface area (Å²) in [6.45, 7) is 3.19. The summed E-state index contributed by atoms with van der Waals surface area (Å²) < 4.78 is 18.9. The van der Waals surface area contributed by atoms with Gasteiger partial charge in [0.15, 0.2) is 11.5 Å². The van der Waals surface area contributed by atoms with E-state index < -0.39 is 5.60 Å². The highest BCUT2D eigenvalue weighted by atomic mass is 16.6. The van der Waals surface area contributed by atoms with E-state index in [1.54, 1.807) is 20.3 Å². The van der Waals surface area contributed by atoms with Crippen LogP contribution in [-0.2, 0) is 21.3 Å². The van der Waals surface area contributed by atoms with Crippen LogP contribution in [0.15, 0.2) is 24.3 Å². The number of phenols is 1. The minimum atomic E-state index is -0.544. The summed E-state index contributed by atoms with van der Waals surface area (Å²) in [5.41, 5.74) is 1.89. The Bertz CT molecular complexity index is 899. The number of hydrogen-bond donors (Lipinski definition) is 1. The highest BCUT2D eigenvalue weighted by Gasteiger charge is 2.79. The van der Waals surface area contributed by atoms with E-state index in [0.29, 0.717) is 11.8 Å². The maximum atomic E-state index is 10.7. The first-order chi connectivity index (χ1) is 13.4. The second-order valence-electron chi connectivity index (χ2n) is 9.55. The highest BCUT2D eigenvalue weighted by Crippen LogP contribution is 2.74. The van der Waals surface area contributed by atoms with Gasteiger partial charge >= 0.3 is 0 Å². The van der Waals surface area contributed by atoms with Crippen molar-refractivity contribution in [3.05, 3.63) is 35.4 Å². The van der Waals surface area contributed by atoms with Crippen molar-refractivity contribution in [2.24, 2.45) is 11.3 Å². The van der Waals surface area contributed by atoms with Crippen LogP contribution in [0.2, 0.25) is 0 Å². The average Bonchev–Trinajstić information content (AvgIpc) is 3.09. The molecule has 28 heavy (non-hydrogen) atoms. The van der Waals surface area contributed by atoms with Crippen LogP contribution in [0.4, 0.5) is 0 Å². The van der Waals surface area contributed by atoms with Crippen molar-refractivity contribution in [3.8, 4) is 11.5 Å². The fourth-order valence-corrected chi connectivity index (χ4v) is 7.81. The summed E-state index contributed by atoms with van der Waals surface area (Å²) >= 11 is 0. The number of ether oxygens (including phenoxy) is 3. The van der Waals surface area contributed by atoms with E-state index in [-0.39, 0.29) is 34.7 Å². The zero-order valence-corrected chi connectivity index (χ0v) is 17.1. The molecule has 1 saturated heterocycles. The number of piperidine rings is 1. The van der Waals surface area contributed by atoms with Gasteiger partial charge in [-0.25, -0.2) is 0 Å². The van der Waals surface area contributed by atoms with Crippen molar-refractivity contribution in [2.45, 2.75) is 55.5 Å². The van der Waals surface area contributed by atoms with Crippen molar-refractivity contribution >= 4 is 0 Å². The predicted molar refractivity (Wildman–Crippen MR) is 105 cm³/mol. The third-order valence-corrected chi connectivity index (χ3v) is 9.06. The Morgan fingerprint density at radius 3 is 2.86 bits per heavy atom. The highest BCUT2D eigenvalue weighted by molar-refractivity contribution is 5.65. The number of likely N-dealkylation sites (N-methyl/N-ethyl adjacent to an activating group) is 1. The number of methoxy groups -OCH3 is 2. The first-order valence-corrected chi connectivity index (χ1v) is 10.5. The van der Waals surface area contributed by atoms with E-state index in [2.05, 4.69) is 37.1 Å². The minimum absolute atomic E-state index is 0.0194. The molecule has 1 saturated carbocycles. The fourth-order valence-electron chi connectivity index (χ4n) is 7.81. The molecule has 1 N–H and O–H groups in total. The molecule has 0 radical (unpaired) electrons. The van der Waals surface area contributed by atoms with Crippen LogP contribution in [0.1, 0.15) is 30.9 Å². The Morgan fingerprint density at radius 2 is 2.11 bits per heavy atom. The van der Waals surface area contributed by atoms with E-state index in [1.807, 2.05) is 0 Å². The third-order valence-electron chi connectivity index (χ3n) is 9.06. The Morgan fingerprint density at radius 1 is 1.29 bits per heavy atom. The lowest BCUT2D eigenvalue weighted by atomic mass is 9.37. The molecule has 2 fully saturated rings. The third kappa shape index (κ3) is 1.54. The van der Waals surface area contributed by atoms with E-state index in [9.17, 15) is 5.11 Å². The first-order valence-electron chi connectivity index (χ1n) is 10.5. The molecule has 2 aliphatic heterocycles. The zero-order valence-electron chi connectivity index (χ0n) is 17.1. The summed E-state index contributed by atoms with van der Waals surface area (Å²) in [5, 5.41) is 10.7. The first kappa shape index (κ1) is 17.3. The molecule has 1 aromatic carbocycles. The number of aromatic hydroxyl groups is 1. The van der Waals surface area contributed by atoms with Gasteiger partial charge in [0.05, 0.1) is 11.5 Å². The Kier molecular flexibility index (Phi) is 3.17. The van der Waals surface area contributed by atoms with Gasteiger partial charge in [0.1, 0.15) is 11.7 Å². The smallest absolute Gasteiger partial charge is 0.165 e. The van der Waals surface area contributed by atoms with Crippen LogP contribution < -0.4 is 4.74 Å². The van der Waals surface area contributed by atoms with Gasteiger partial charge in [0, 0.05) is 37.2 Å². The van der Waals surface area contributed by atoms with Crippen LogP contribution in [-0.4, -0.2) is 61.7 Å². The molecule has 2 heterocycles. The lowest BCUT2D eigenvalue weighted by molar-refractivity contribution is -0.231. The van der Waals surface area contributed by atoms with E-state index in [1.165, 1.54) is 11.1 Å². The van der Waals surface area contributed by atoms with Gasteiger partial charge in [0.25, 0.3) is 0 Å². The van der Waals surface area contributed by atoms with Gasteiger partial charge in [-0.05, 0) is 51.4 Å². The van der Waals surface area contributed by atoms with E-state index in [0.717, 1.165) is 25.8 Å². The average molecular weight is 383 g/mol. The second kappa shape index (κ2) is 5.13. The number of phenolic OH excluding ortho intramolecular Hbond substituents is 1. The van der Waals surface area contributed by atoms with Crippen molar-refractivity contribution in [3.63, 3.8) is 0 Å². The summed E-state index contributed by atoms with van der Waals surface area (Å²) in [6, 6.07) is 4.34. The molecule has 5 nitrogen and oxygen atoms in total. The number of fused-ring (bicyclic) bond motifs is 1. The summed E-state index contributed by atoms with van der Waals surface area (Å²) in [7, 11) is 5.85. The number of likely N-dealkylation sites (tertiary alicyclic amines) is 1. The monoisotopic (exact) mass is 383 g/mol. The minimum Gasteiger partial charge on any atom is -0.504 e. The van der Waals surface area contributed by atoms with Gasteiger partial charge in [-0.2, -0.15) is 0 Å². The molecular formula is C23H29NO4. The maximum absolute atomic E-state index is 10.7. The molecule has 0 aromatic heterocycles. The number of nitrogens with zero attached hydrogens (tertiary/aromatic N) is 1. The Balaban J connectivity index is 1.69. The zero-order chi connectivity index (χ0) is 19.5. The molecule has 7 atom stereocenters. The van der Waals surface area contributed by atoms with E-state index >= 15 is 0 Å². The van der Waals surface area contributed by atoms with Crippen molar-refractivity contribution in [1.29, 1.82) is 0 Å². The molecule has 0 unspecified atom stereocenters. The molecule has 1 aromatic rings. The molecule has 6 aliphatic rings. The fraction of sp³-hybridized carbons (Fsp3) is 0.652. The summed E-state index contributed by atoms with van der Waals surface area (Å²) in [5.74, 6) is 1.17. The number of rotatable bonds is 3. The Hall–Kier alpha value is -1.56. The topological polar surface area (TPSA) is 51.2 Å². The quantitative estimate of drug-likeness (QED) is 0.814. The maximum Gasteiger partial charge on any atom is 0.165 e. The van der Waals surface area contributed by atoms with Crippen molar-refractivity contribution in [2.75, 3.05) is 27.8 Å². The number of benzene rings is 1. The molecular weight excluding hydrogens is 354 g/mol. The lowest BCUT2D eigenvalue weighted by Gasteiger charge is -2.71. The molecule has 4 bridgehead atoms. The summed E-state index contributed by atoms with van der Waals surface area (Å²) in [4.78, 5) is 2.54. The normalized spacial score (nSPS) is 45.6. The molecule has 0 amide bonds. The van der Waals surface area contributed by atoms with Gasteiger partial charge < -0.3 is 24.2 Å². The van der Waals surface area contributed by atoms with Gasteiger partial charge in [-0.3, -0.25) is 0 Å². The van der Waals surface area contributed by atoms with Gasteiger partial charge in [0.2, 0.25) is 0 Å². The van der Waals surface area contributed by atoms with Crippen LogP contribution in [0.3, 0.4) is 0 Å². The van der Waals surface area contributed by atoms with Crippen LogP contribution in [0.25, 0.3) is 0 Å². The molecule has 150 valence electrons. The van der Waals surface area contributed by atoms with Crippen LogP contribution >= 0.6 is 0 Å². The standard InChI is InChI=1S/C23H29NO4/c1-13(26-3)15-12-21-7-8-23(15,27-4)20-22(21)9-10-24(2)17(21)11-14-5-6-16(25)19(28-20)18(14)22/h5-8,13,15,17,20,25H,9-12H2,1-4H3/t13-,15-,17-,20-,21-,22+,23-/m1/s1. The van der Waals surface area contributed by atoms with Crippen molar-refractivity contribution < 1.29 is 19.3 Å². The van der Waals surface area contributed by atoms with Crippen molar-refractivity contribution in [1.82, 2.24) is 4.90 Å². The second-order valence-corrected chi connectivity index (χ2v) is 9.55. The Labute approximate surface area is 166 Å². The molecule has 2 spiro atoms. The lowest BCUT2D eigenvalue weighted by Crippen LogP contribution is -2.79. The van der Waals surface area contributed by atoms with Gasteiger partial charge in [-0.15, -0.1) is 0 Å². The van der Waals surface area contributed by atoms with Crippen LogP contribution in [0, 0.1) is 11.3 Å². The predicted octanol–water partition coefficient (Wildman–Crippen LogP) is 2.65. The molecule has 5 heteroatoms. The van der Waals surface area contributed by atoms with Crippen LogP contribution in [0.5, 0.6) is 11.5 Å². The SMILES string of the molecule is CO[C@H](C)[C@H]1C[C@@]23C=C[C@]1(OC)[C@@H]1Oc4c(O)ccc5c4[C@@]12CCN(C)[C@@H]3C5. The number of hydrogen-bond acceptors (Lipinski definition) is 5. The van der Waals surface area contributed by atoms with E-state index in [4.69, 9.17) is 14.2 Å². The largest absolute Gasteiger partial charge is 0.504 e.